The minimum absolute atomic E-state index is 0.0687. The van der Waals surface area contributed by atoms with E-state index in [0.29, 0.717) is 13.2 Å². The van der Waals surface area contributed by atoms with Gasteiger partial charge in [0.05, 0.1) is 25.3 Å². The molecule has 0 unspecified atom stereocenters. The highest BCUT2D eigenvalue weighted by molar-refractivity contribution is 5.79. The molecule has 1 fully saturated rings. The Bertz CT molecular complexity index is 1070. The topological polar surface area (TPSA) is 94.6 Å². The maximum Gasteiger partial charge on any atom is 0.258 e. The zero-order chi connectivity index (χ0) is 21.8. The van der Waals surface area contributed by atoms with E-state index in [2.05, 4.69) is 46.5 Å². The lowest BCUT2D eigenvalue weighted by molar-refractivity contribution is -1.02. The fourth-order valence-electron chi connectivity index (χ4n) is 4.57. The number of nitrogens with zero attached hydrogens (tertiary/aromatic N) is 4. The molecular weight excluding hydrogens is 394 g/mol. The Kier molecular flexibility index (Phi) is 6.74. The normalized spacial score (nSPS) is 20.2. The Balaban J connectivity index is 1.80. The van der Waals surface area contributed by atoms with Crippen LogP contribution in [0.1, 0.15) is 36.8 Å². The molecule has 0 aliphatic carbocycles. The largest absolute Gasteiger partial charge is 0.383 e. The molecule has 4 rings (SSSR count). The lowest BCUT2D eigenvalue weighted by Gasteiger charge is -2.33. The fraction of sp³-hybridized carbons (Fsp3) is 0.545. The van der Waals surface area contributed by atoms with Crippen molar-refractivity contribution < 1.29 is 14.5 Å². The average molecular weight is 428 g/mol. The zero-order valence-electron chi connectivity index (χ0n) is 18.6. The van der Waals surface area contributed by atoms with Crippen LogP contribution >= 0.6 is 0 Å². The molecule has 1 aromatic carbocycles. The first kappa shape index (κ1) is 21.6. The maximum absolute atomic E-state index is 13.2. The number of rotatable bonds is 8. The molecular formula is C22H33N7O2+2. The van der Waals surface area contributed by atoms with Gasteiger partial charge in [-0.3, -0.25) is 4.79 Å². The molecule has 9 nitrogen and oxygen atoms in total. The summed E-state index contributed by atoms with van der Waals surface area (Å²) >= 11 is 0. The molecule has 3 heterocycles. The van der Waals surface area contributed by atoms with E-state index in [-0.39, 0.29) is 11.6 Å². The van der Waals surface area contributed by atoms with Crippen molar-refractivity contribution in [2.75, 3.05) is 46.4 Å². The highest BCUT2D eigenvalue weighted by atomic mass is 16.5. The van der Waals surface area contributed by atoms with Crippen LogP contribution in [0.3, 0.4) is 0 Å². The number of pyridine rings is 1. The molecule has 1 atom stereocenters. The van der Waals surface area contributed by atoms with Crippen molar-refractivity contribution in [2.24, 2.45) is 0 Å². The summed E-state index contributed by atoms with van der Waals surface area (Å²) in [6.45, 7) is 10.7. The van der Waals surface area contributed by atoms with Crippen LogP contribution in [0.5, 0.6) is 0 Å². The molecule has 3 N–H and O–H groups in total. The number of ether oxygens (including phenoxy) is 1. The van der Waals surface area contributed by atoms with Crippen LogP contribution in [0, 0.1) is 0 Å². The maximum atomic E-state index is 13.2. The van der Waals surface area contributed by atoms with E-state index in [1.165, 1.54) is 10.5 Å². The molecule has 2 aromatic heterocycles. The third-order valence-electron chi connectivity index (χ3n) is 6.49. The number of fused-ring (bicyclic) bond motifs is 1. The van der Waals surface area contributed by atoms with Gasteiger partial charge in [-0.15, -0.1) is 5.10 Å². The Hall–Kier alpha value is -2.62. The van der Waals surface area contributed by atoms with Gasteiger partial charge >= 0.3 is 0 Å². The van der Waals surface area contributed by atoms with Gasteiger partial charge in [-0.1, -0.05) is 13.0 Å². The number of hydrogen-bond donors (Lipinski definition) is 3. The van der Waals surface area contributed by atoms with Gasteiger partial charge in [0.15, 0.2) is 6.04 Å². The Morgan fingerprint density at radius 3 is 2.71 bits per heavy atom. The van der Waals surface area contributed by atoms with Crippen molar-refractivity contribution in [3.63, 3.8) is 0 Å². The van der Waals surface area contributed by atoms with E-state index in [0.717, 1.165) is 61.4 Å². The van der Waals surface area contributed by atoms with Crippen LogP contribution < -0.4 is 15.4 Å². The van der Waals surface area contributed by atoms with Gasteiger partial charge in [-0.05, 0) is 52.9 Å². The summed E-state index contributed by atoms with van der Waals surface area (Å²) < 4.78 is 7.03. The predicted molar refractivity (Wildman–Crippen MR) is 117 cm³/mol. The standard InChI is InChI=1S/C22H31N7O2/c1-4-16-6-7-19-17(14-16)15-18(22(30)23-19)20(28-10-8-27(5-2)9-11-28)21-24-25-26-29(21)12-13-31-3/h6-7,14-15,20H,4-5,8-13H2,1-3H3,(H,23,30)/p+2/t20-/m1/s1. The van der Waals surface area contributed by atoms with E-state index < -0.39 is 0 Å². The molecule has 0 saturated carbocycles. The van der Waals surface area contributed by atoms with Gasteiger partial charge in [0.25, 0.3) is 5.56 Å². The number of quaternary nitrogens is 2. The van der Waals surface area contributed by atoms with Gasteiger partial charge in [-0.25, -0.2) is 4.68 Å². The smallest absolute Gasteiger partial charge is 0.258 e. The average Bonchev–Trinajstić information content (AvgIpc) is 3.26. The predicted octanol–water partition coefficient (Wildman–Crippen LogP) is -1.38. The van der Waals surface area contributed by atoms with Crippen molar-refractivity contribution in [1.82, 2.24) is 25.2 Å². The summed E-state index contributed by atoms with van der Waals surface area (Å²) in [5.74, 6) is 0.725. The van der Waals surface area contributed by atoms with E-state index >= 15 is 0 Å². The molecule has 9 heteroatoms. The first-order valence-corrected chi connectivity index (χ1v) is 11.2. The molecule has 1 saturated heterocycles. The fourth-order valence-corrected chi connectivity index (χ4v) is 4.57. The van der Waals surface area contributed by atoms with E-state index in [1.54, 1.807) is 16.7 Å². The quantitative estimate of drug-likeness (QED) is 0.412. The van der Waals surface area contributed by atoms with E-state index in [9.17, 15) is 4.79 Å². The molecule has 1 aliphatic heterocycles. The highest BCUT2D eigenvalue weighted by Crippen LogP contribution is 2.20. The summed E-state index contributed by atoms with van der Waals surface area (Å²) in [6.07, 6.45) is 0.954. The number of hydrogen-bond acceptors (Lipinski definition) is 5. The van der Waals surface area contributed by atoms with E-state index in [4.69, 9.17) is 4.74 Å². The molecule has 1 aliphatic rings. The first-order chi connectivity index (χ1) is 15.1. The lowest BCUT2D eigenvalue weighted by atomic mass is 10.0. The van der Waals surface area contributed by atoms with Gasteiger partial charge in [-0.2, -0.15) is 0 Å². The number of tetrazole rings is 1. The Morgan fingerprint density at radius 2 is 2.00 bits per heavy atom. The summed E-state index contributed by atoms with van der Waals surface area (Å²) in [7, 11) is 1.67. The van der Waals surface area contributed by atoms with Crippen LogP contribution in [0.2, 0.25) is 0 Å². The van der Waals surface area contributed by atoms with Crippen LogP contribution in [0.4, 0.5) is 0 Å². The van der Waals surface area contributed by atoms with Crippen molar-refractivity contribution >= 4 is 10.9 Å². The van der Waals surface area contributed by atoms with Crippen LogP contribution in [0.15, 0.2) is 29.1 Å². The third kappa shape index (κ3) is 4.53. The molecule has 0 radical (unpaired) electrons. The SMILES string of the molecule is CCc1ccc2[nH]c(=O)c([C@H](c3nnnn3CCOC)[NH+]3CC[NH+](CC)CC3)cc2c1. The number of methoxy groups -OCH3 is 1. The molecule has 31 heavy (non-hydrogen) atoms. The Morgan fingerprint density at radius 1 is 1.19 bits per heavy atom. The van der Waals surface area contributed by atoms with Crippen molar-refractivity contribution in [3.8, 4) is 0 Å². The number of aromatic amines is 1. The second-order valence-corrected chi connectivity index (χ2v) is 8.28. The third-order valence-corrected chi connectivity index (χ3v) is 6.49. The molecule has 0 spiro atoms. The van der Waals surface area contributed by atoms with E-state index in [1.807, 2.05) is 12.1 Å². The van der Waals surface area contributed by atoms with Crippen LogP contribution in [-0.2, 0) is 17.7 Å². The summed E-state index contributed by atoms with van der Waals surface area (Å²) in [5.41, 5.74) is 2.77. The summed E-state index contributed by atoms with van der Waals surface area (Å²) in [4.78, 5) is 19.3. The zero-order valence-corrected chi connectivity index (χ0v) is 18.6. The van der Waals surface area contributed by atoms with Gasteiger partial charge in [0.2, 0.25) is 5.82 Å². The number of nitrogens with one attached hydrogen (secondary N) is 3. The number of aryl methyl sites for hydroxylation is 1. The number of piperazine rings is 1. The minimum atomic E-state index is -0.219. The van der Waals surface area contributed by atoms with Gasteiger partial charge in [0, 0.05) is 12.6 Å². The van der Waals surface area contributed by atoms with Crippen molar-refractivity contribution in [1.29, 1.82) is 0 Å². The highest BCUT2D eigenvalue weighted by Gasteiger charge is 2.37. The monoisotopic (exact) mass is 427 g/mol. The minimum Gasteiger partial charge on any atom is -0.383 e. The van der Waals surface area contributed by atoms with Gasteiger partial charge < -0.3 is 19.5 Å². The number of H-pyrrole nitrogens is 1. The molecule has 3 aromatic rings. The first-order valence-electron chi connectivity index (χ1n) is 11.2. The van der Waals surface area contributed by atoms with Crippen molar-refractivity contribution in [3.05, 3.63) is 51.6 Å². The molecule has 0 bridgehead atoms. The van der Waals surface area contributed by atoms with Crippen LogP contribution in [0.25, 0.3) is 10.9 Å². The van der Waals surface area contributed by atoms with Gasteiger partial charge in [0.1, 0.15) is 26.2 Å². The molecule has 0 amide bonds. The second kappa shape index (κ2) is 9.67. The number of aromatic nitrogens is 5. The number of likely N-dealkylation sites (N-methyl/N-ethyl adjacent to an activating group) is 1. The lowest BCUT2D eigenvalue weighted by Crippen LogP contribution is -3.28. The second-order valence-electron chi connectivity index (χ2n) is 8.28. The number of benzene rings is 1. The molecule has 166 valence electrons. The Labute approximate surface area is 182 Å². The van der Waals surface area contributed by atoms with Crippen LogP contribution in [-0.4, -0.2) is 71.6 Å². The summed E-state index contributed by atoms with van der Waals surface area (Å²) in [6, 6.07) is 8.04. The van der Waals surface area contributed by atoms with Crippen molar-refractivity contribution in [2.45, 2.75) is 32.9 Å². The summed E-state index contributed by atoms with van der Waals surface area (Å²) in [5, 5.41) is 13.6.